The summed E-state index contributed by atoms with van der Waals surface area (Å²) in [6, 6.07) is 1.70. The van der Waals surface area contributed by atoms with E-state index in [9.17, 15) is 9.90 Å². The molecule has 2 heterocycles. The van der Waals surface area contributed by atoms with Crippen molar-refractivity contribution < 1.29 is 14.6 Å². The lowest BCUT2D eigenvalue weighted by atomic mass is 10.0. The van der Waals surface area contributed by atoms with Crippen LogP contribution >= 0.6 is 0 Å². The molecule has 0 radical (unpaired) electrons. The summed E-state index contributed by atoms with van der Waals surface area (Å²) in [5, 5.41) is 12.3. The first kappa shape index (κ1) is 12.8. The molecule has 1 atom stereocenters. The lowest BCUT2D eigenvalue weighted by Gasteiger charge is -2.24. The Labute approximate surface area is 106 Å². The van der Waals surface area contributed by atoms with Crippen LogP contribution in [0.25, 0.3) is 0 Å². The maximum Gasteiger partial charge on any atom is 0.339 e. The number of nitrogens with zero attached hydrogens (tertiary/aromatic N) is 1. The van der Waals surface area contributed by atoms with Crippen LogP contribution in [-0.2, 0) is 4.74 Å². The van der Waals surface area contributed by atoms with Crippen LogP contribution in [0.1, 0.15) is 35.7 Å². The van der Waals surface area contributed by atoms with E-state index in [1.54, 1.807) is 19.2 Å². The normalized spacial score (nSPS) is 23.0. The molecule has 2 N–H and O–H groups in total. The number of carboxylic acids is 1. The molecule has 1 aliphatic rings. The summed E-state index contributed by atoms with van der Waals surface area (Å²) in [6.07, 6.45) is 3.64. The lowest BCUT2D eigenvalue weighted by molar-refractivity contribution is 0.0314. The van der Waals surface area contributed by atoms with E-state index in [-0.39, 0.29) is 11.2 Å². The van der Waals surface area contributed by atoms with Crippen LogP contribution in [0, 0.1) is 6.92 Å². The summed E-state index contributed by atoms with van der Waals surface area (Å²) < 4.78 is 5.66. The highest BCUT2D eigenvalue weighted by Gasteiger charge is 2.30. The number of ether oxygens (including phenoxy) is 1. The molecular weight excluding hydrogens is 232 g/mol. The van der Waals surface area contributed by atoms with Crippen LogP contribution in [0.5, 0.6) is 0 Å². The molecule has 0 aromatic carbocycles. The van der Waals surface area contributed by atoms with Crippen molar-refractivity contribution in [1.29, 1.82) is 0 Å². The van der Waals surface area contributed by atoms with Crippen LogP contribution in [0.3, 0.4) is 0 Å². The van der Waals surface area contributed by atoms with E-state index in [4.69, 9.17) is 4.74 Å². The molecule has 0 amide bonds. The molecule has 2 rings (SSSR count). The molecule has 0 saturated carbocycles. The zero-order valence-corrected chi connectivity index (χ0v) is 10.7. The number of aryl methyl sites for hydroxylation is 1. The first-order valence-corrected chi connectivity index (χ1v) is 6.09. The van der Waals surface area contributed by atoms with Gasteiger partial charge >= 0.3 is 5.97 Å². The Hall–Kier alpha value is -1.62. The van der Waals surface area contributed by atoms with Crippen molar-refractivity contribution in [3.05, 3.63) is 23.4 Å². The van der Waals surface area contributed by atoms with Crippen molar-refractivity contribution in [3.63, 3.8) is 0 Å². The summed E-state index contributed by atoms with van der Waals surface area (Å²) in [5.74, 6) is -0.542. The molecule has 18 heavy (non-hydrogen) atoms. The van der Waals surface area contributed by atoms with Crippen molar-refractivity contribution in [2.45, 2.75) is 32.3 Å². The van der Waals surface area contributed by atoms with Gasteiger partial charge < -0.3 is 15.2 Å². The Kier molecular flexibility index (Phi) is 3.52. The summed E-state index contributed by atoms with van der Waals surface area (Å²) in [5.41, 5.74) is 0.720. The predicted octanol–water partition coefficient (Wildman–Crippen LogP) is 2.07. The Morgan fingerprint density at radius 3 is 3.06 bits per heavy atom. The zero-order chi connectivity index (χ0) is 13.2. The summed E-state index contributed by atoms with van der Waals surface area (Å²) in [6.45, 7) is 5.14. The van der Waals surface area contributed by atoms with Crippen LogP contribution in [0.15, 0.2) is 12.3 Å². The van der Waals surface area contributed by atoms with Crippen LogP contribution in [0.2, 0.25) is 0 Å². The van der Waals surface area contributed by atoms with Crippen LogP contribution in [0.4, 0.5) is 5.82 Å². The maximum absolute atomic E-state index is 11.2. The molecule has 1 aromatic rings. The molecular formula is C13H18N2O3. The number of nitrogens with one attached hydrogen (secondary N) is 1. The van der Waals surface area contributed by atoms with E-state index < -0.39 is 5.97 Å². The van der Waals surface area contributed by atoms with Gasteiger partial charge in [0.2, 0.25) is 0 Å². The quantitative estimate of drug-likeness (QED) is 0.856. The molecule has 1 unspecified atom stereocenters. The van der Waals surface area contributed by atoms with Gasteiger partial charge in [0.25, 0.3) is 0 Å². The first-order valence-electron chi connectivity index (χ1n) is 6.09. The highest BCUT2D eigenvalue weighted by atomic mass is 16.5. The zero-order valence-electron chi connectivity index (χ0n) is 10.7. The molecule has 0 spiro atoms. The third-order valence-electron chi connectivity index (χ3n) is 3.30. The van der Waals surface area contributed by atoms with E-state index in [1.807, 2.05) is 6.92 Å². The van der Waals surface area contributed by atoms with E-state index in [2.05, 4.69) is 10.3 Å². The maximum atomic E-state index is 11.2. The van der Waals surface area contributed by atoms with Gasteiger partial charge in [-0.2, -0.15) is 0 Å². The molecule has 1 fully saturated rings. The second-order valence-corrected chi connectivity index (χ2v) is 4.91. The van der Waals surface area contributed by atoms with E-state index in [1.165, 1.54) is 0 Å². The van der Waals surface area contributed by atoms with Gasteiger partial charge in [-0.3, -0.25) is 0 Å². The van der Waals surface area contributed by atoms with Gasteiger partial charge in [0.1, 0.15) is 11.4 Å². The van der Waals surface area contributed by atoms with Gasteiger partial charge in [0.05, 0.1) is 5.60 Å². The second kappa shape index (κ2) is 4.94. The van der Waals surface area contributed by atoms with Gasteiger partial charge in [-0.05, 0) is 38.3 Å². The molecule has 0 aliphatic carbocycles. The second-order valence-electron chi connectivity index (χ2n) is 4.91. The predicted molar refractivity (Wildman–Crippen MR) is 68.0 cm³/mol. The minimum atomic E-state index is -0.958. The standard InChI is InChI=1S/C13H18N2O3/c1-9-4-6-14-11(10(9)12(16)17)15-8-13(2)5-3-7-18-13/h4,6H,3,5,7-8H2,1-2H3,(H,14,15)(H,16,17). The topological polar surface area (TPSA) is 71.5 Å². The number of anilines is 1. The number of pyridine rings is 1. The van der Waals surface area contributed by atoms with Gasteiger partial charge in [-0.15, -0.1) is 0 Å². The first-order chi connectivity index (χ1) is 8.52. The smallest absolute Gasteiger partial charge is 0.339 e. The van der Waals surface area contributed by atoms with Crippen molar-refractivity contribution in [2.75, 3.05) is 18.5 Å². The fraction of sp³-hybridized carbons (Fsp3) is 0.538. The number of rotatable bonds is 4. The Morgan fingerprint density at radius 1 is 1.67 bits per heavy atom. The number of carboxylic acid groups (broad SMARTS) is 1. The largest absolute Gasteiger partial charge is 0.478 e. The van der Waals surface area contributed by atoms with E-state index >= 15 is 0 Å². The van der Waals surface area contributed by atoms with Gasteiger partial charge in [0, 0.05) is 19.3 Å². The fourth-order valence-corrected chi connectivity index (χ4v) is 2.21. The van der Waals surface area contributed by atoms with Crippen LogP contribution in [-0.4, -0.2) is 34.8 Å². The fourth-order valence-electron chi connectivity index (χ4n) is 2.21. The third kappa shape index (κ3) is 2.61. The third-order valence-corrected chi connectivity index (χ3v) is 3.30. The Balaban J connectivity index is 2.14. The summed E-state index contributed by atoms with van der Waals surface area (Å²) >= 11 is 0. The molecule has 5 nitrogen and oxygen atoms in total. The molecule has 1 saturated heterocycles. The highest BCUT2D eigenvalue weighted by Crippen LogP contribution is 2.26. The molecule has 1 aromatic heterocycles. The Morgan fingerprint density at radius 2 is 2.44 bits per heavy atom. The average Bonchev–Trinajstić information content (AvgIpc) is 2.73. The Bertz CT molecular complexity index is 454. The monoisotopic (exact) mass is 250 g/mol. The van der Waals surface area contributed by atoms with E-state index in [0.29, 0.717) is 17.9 Å². The SMILES string of the molecule is Cc1ccnc(NCC2(C)CCCO2)c1C(=O)O. The number of aromatic carboxylic acids is 1. The van der Waals surface area contributed by atoms with Gasteiger partial charge in [-0.25, -0.2) is 9.78 Å². The van der Waals surface area contributed by atoms with Crippen molar-refractivity contribution >= 4 is 11.8 Å². The molecule has 5 heteroatoms. The number of carbonyl (C=O) groups is 1. The molecule has 1 aliphatic heterocycles. The van der Waals surface area contributed by atoms with E-state index in [0.717, 1.165) is 19.4 Å². The van der Waals surface area contributed by atoms with Crippen molar-refractivity contribution in [1.82, 2.24) is 4.98 Å². The van der Waals surface area contributed by atoms with Gasteiger partial charge in [-0.1, -0.05) is 0 Å². The van der Waals surface area contributed by atoms with Crippen LogP contribution < -0.4 is 5.32 Å². The minimum absolute atomic E-state index is 0.221. The number of hydrogen-bond donors (Lipinski definition) is 2. The van der Waals surface area contributed by atoms with Crippen molar-refractivity contribution in [3.8, 4) is 0 Å². The number of aromatic nitrogens is 1. The molecule has 98 valence electrons. The molecule has 0 bridgehead atoms. The van der Waals surface area contributed by atoms with Gasteiger partial charge in [0.15, 0.2) is 0 Å². The highest BCUT2D eigenvalue weighted by molar-refractivity contribution is 5.94. The summed E-state index contributed by atoms with van der Waals surface area (Å²) in [4.78, 5) is 15.3. The van der Waals surface area contributed by atoms with Crippen molar-refractivity contribution in [2.24, 2.45) is 0 Å². The summed E-state index contributed by atoms with van der Waals surface area (Å²) in [7, 11) is 0. The lowest BCUT2D eigenvalue weighted by Crippen LogP contribution is -2.33. The minimum Gasteiger partial charge on any atom is -0.478 e. The average molecular weight is 250 g/mol. The number of hydrogen-bond acceptors (Lipinski definition) is 4.